The molecule has 2 rings (SSSR count). The van der Waals surface area contributed by atoms with Gasteiger partial charge in [0.2, 0.25) is 0 Å². The molecule has 0 saturated carbocycles. The summed E-state index contributed by atoms with van der Waals surface area (Å²) in [5.74, 6) is 0. The van der Waals surface area contributed by atoms with Crippen molar-refractivity contribution in [2.75, 3.05) is 0 Å². The summed E-state index contributed by atoms with van der Waals surface area (Å²) >= 11 is 19.0. The first kappa shape index (κ1) is 16.2. The van der Waals surface area contributed by atoms with Gasteiger partial charge in [0.1, 0.15) is 0 Å². The fourth-order valence-electron chi connectivity index (χ4n) is 1.46. The molecule has 94 valence electrons. The smallest absolute Gasteiger partial charge is 0.0315 e. The molecule has 0 atom stereocenters. The molecule has 2 aromatic carbocycles. The van der Waals surface area contributed by atoms with Gasteiger partial charge >= 0.3 is 0 Å². The van der Waals surface area contributed by atoms with Gasteiger partial charge in [0.05, 0.1) is 0 Å². The summed E-state index contributed by atoms with van der Waals surface area (Å²) in [5.41, 5.74) is 2.32. The Labute approximate surface area is 166 Å². The second kappa shape index (κ2) is 6.72. The molecule has 2 aromatic rings. The van der Waals surface area contributed by atoms with Gasteiger partial charge in [0, 0.05) is 25.0 Å². The van der Waals surface area contributed by atoms with Crippen LogP contribution in [0, 0.1) is 7.14 Å². The van der Waals surface area contributed by atoms with Gasteiger partial charge in [-0.2, -0.15) is 0 Å². The molecule has 0 radical (unpaired) electrons. The third-order valence-corrected chi connectivity index (χ3v) is 8.20. The van der Waals surface area contributed by atoms with Crippen molar-refractivity contribution in [1.29, 1.82) is 0 Å². The molecule has 0 unspecified atom stereocenters. The Morgan fingerprint density at radius 1 is 0.556 bits per heavy atom. The first-order valence-electron chi connectivity index (χ1n) is 4.69. The molecule has 0 aliphatic carbocycles. The van der Waals surface area contributed by atoms with E-state index >= 15 is 0 Å². The predicted molar refractivity (Wildman–Crippen MR) is 108 cm³/mol. The Morgan fingerprint density at radius 2 is 0.889 bits per heavy atom. The van der Waals surface area contributed by atoms with Crippen LogP contribution in [0.15, 0.2) is 42.2 Å². The fourth-order valence-corrected chi connectivity index (χ4v) is 5.05. The van der Waals surface area contributed by atoms with Crippen LogP contribution in [0.25, 0.3) is 11.1 Å². The minimum Gasteiger partial charge on any atom is -0.0501 e. The highest BCUT2D eigenvalue weighted by molar-refractivity contribution is 14.1. The third kappa shape index (κ3) is 3.52. The van der Waals surface area contributed by atoms with Crippen molar-refractivity contribution in [2.45, 2.75) is 0 Å². The SMILES string of the molecule is Brc1cc(-c2cc(Br)c(I)cc2Br)c(Br)cc1I. The van der Waals surface area contributed by atoms with Crippen molar-refractivity contribution >= 4 is 109 Å². The van der Waals surface area contributed by atoms with Crippen molar-refractivity contribution in [1.82, 2.24) is 0 Å². The lowest BCUT2D eigenvalue weighted by molar-refractivity contribution is 1.48. The summed E-state index contributed by atoms with van der Waals surface area (Å²) in [6.07, 6.45) is 0. The zero-order valence-electron chi connectivity index (χ0n) is 8.58. The van der Waals surface area contributed by atoms with Crippen LogP contribution in [0.1, 0.15) is 0 Å². The molecule has 0 bridgehead atoms. The highest BCUT2D eigenvalue weighted by Gasteiger charge is 2.12. The van der Waals surface area contributed by atoms with Crippen LogP contribution in [-0.2, 0) is 0 Å². The van der Waals surface area contributed by atoms with Crippen LogP contribution in [0.5, 0.6) is 0 Å². The molecule has 0 N–H and O–H groups in total. The summed E-state index contributed by atoms with van der Waals surface area (Å²) < 4.78 is 6.74. The van der Waals surface area contributed by atoms with E-state index in [9.17, 15) is 0 Å². The van der Waals surface area contributed by atoms with Crippen LogP contribution < -0.4 is 0 Å². The first-order valence-corrected chi connectivity index (χ1v) is 10.0. The van der Waals surface area contributed by atoms with E-state index < -0.39 is 0 Å². The van der Waals surface area contributed by atoms with E-state index in [4.69, 9.17) is 0 Å². The maximum absolute atomic E-state index is 3.63. The van der Waals surface area contributed by atoms with E-state index in [1.165, 1.54) is 7.14 Å². The molecular weight excluding hydrogens is 718 g/mol. The van der Waals surface area contributed by atoms with Gasteiger partial charge in [-0.05, 0) is 112 Å². The Balaban J connectivity index is 2.69. The lowest BCUT2D eigenvalue weighted by Crippen LogP contribution is -1.87. The Morgan fingerprint density at radius 3 is 1.22 bits per heavy atom. The molecule has 0 spiro atoms. The van der Waals surface area contributed by atoms with Crippen LogP contribution in [0.4, 0.5) is 0 Å². The first-order chi connectivity index (χ1) is 8.40. The summed E-state index contributed by atoms with van der Waals surface area (Å²) in [6, 6.07) is 8.48. The molecule has 0 heterocycles. The molecular formula is C12H4Br4I2. The number of hydrogen-bond donors (Lipinski definition) is 0. The standard InChI is InChI=1S/C12H4Br4I2/c13-7-3-11(17)9(15)1-5(7)6-2-10(16)12(18)4-8(6)14/h1-4H. The highest BCUT2D eigenvalue weighted by Crippen LogP contribution is 2.39. The predicted octanol–water partition coefficient (Wildman–Crippen LogP) is 7.61. The zero-order valence-corrected chi connectivity index (χ0v) is 19.2. The second-order valence-electron chi connectivity index (χ2n) is 3.49. The second-order valence-corrected chi connectivity index (χ2v) is 9.23. The minimum absolute atomic E-state index is 1.09. The average Bonchev–Trinajstić information content (AvgIpc) is 2.29. The Hall–Kier alpha value is 1.82. The molecule has 0 nitrogen and oxygen atoms in total. The van der Waals surface area contributed by atoms with Crippen molar-refractivity contribution in [3.63, 3.8) is 0 Å². The van der Waals surface area contributed by atoms with Gasteiger partial charge in [0.15, 0.2) is 0 Å². The summed E-state index contributed by atoms with van der Waals surface area (Å²) in [6.45, 7) is 0. The number of rotatable bonds is 1. The van der Waals surface area contributed by atoms with Crippen LogP contribution in [0.3, 0.4) is 0 Å². The fraction of sp³-hybridized carbons (Fsp3) is 0. The van der Waals surface area contributed by atoms with Gasteiger partial charge in [-0.15, -0.1) is 0 Å². The molecule has 0 aromatic heterocycles. The molecule has 0 saturated heterocycles. The summed E-state index contributed by atoms with van der Waals surface area (Å²) in [7, 11) is 0. The van der Waals surface area contributed by atoms with E-state index in [0.29, 0.717) is 0 Å². The number of halogens is 6. The quantitative estimate of drug-likeness (QED) is 0.210. The highest BCUT2D eigenvalue weighted by atomic mass is 127. The molecule has 0 amide bonds. The topological polar surface area (TPSA) is 0 Å². The number of benzene rings is 2. The van der Waals surface area contributed by atoms with Crippen molar-refractivity contribution < 1.29 is 0 Å². The molecule has 0 aliphatic rings. The van der Waals surface area contributed by atoms with Gasteiger partial charge in [-0.3, -0.25) is 0 Å². The van der Waals surface area contributed by atoms with Crippen LogP contribution in [0.2, 0.25) is 0 Å². The molecule has 0 aliphatic heterocycles. The van der Waals surface area contributed by atoms with Crippen molar-refractivity contribution in [2.24, 2.45) is 0 Å². The van der Waals surface area contributed by atoms with E-state index in [-0.39, 0.29) is 0 Å². The maximum Gasteiger partial charge on any atom is 0.0315 e. The van der Waals surface area contributed by atoms with Crippen LogP contribution >= 0.6 is 109 Å². The maximum atomic E-state index is 3.63. The van der Waals surface area contributed by atoms with Gasteiger partial charge < -0.3 is 0 Å². The van der Waals surface area contributed by atoms with Crippen molar-refractivity contribution in [3.05, 3.63) is 49.3 Å². The molecule has 0 fully saturated rings. The van der Waals surface area contributed by atoms with Gasteiger partial charge in [0.25, 0.3) is 0 Å². The average molecular weight is 722 g/mol. The number of hydrogen-bond acceptors (Lipinski definition) is 0. The third-order valence-electron chi connectivity index (χ3n) is 2.31. The van der Waals surface area contributed by atoms with E-state index in [0.717, 1.165) is 29.0 Å². The lowest BCUT2D eigenvalue weighted by atomic mass is 10.1. The van der Waals surface area contributed by atoms with Gasteiger partial charge in [-0.25, -0.2) is 0 Å². The Bertz CT molecular complexity index is 570. The zero-order chi connectivity index (χ0) is 13.4. The molecule has 18 heavy (non-hydrogen) atoms. The van der Waals surface area contributed by atoms with Gasteiger partial charge in [-0.1, -0.05) is 31.9 Å². The Kier molecular flexibility index (Phi) is 6.05. The van der Waals surface area contributed by atoms with E-state index in [1.54, 1.807) is 0 Å². The summed E-state index contributed by atoms with van der Waals surface area (Å²) in [4.78, 5) is 0. The monoisotopic (exact) mass is 718 g/mol. The van der Waals surface area contributed by atoms with E-state index in [2.05, 4.69) is 133 Å². The van der Waals surface area contributed by atoms with E-state index in [1.807, 2.05) is 0 Å². The van der Waals surface area contributed by atoms with Crippen LogP contribution in [-0.4, -0.2) is 0 Å². The summed E-state index contributed by atoms with van der Waals surface area (Å²) in [5, 5.41) is 0. The van der Waals surface area contributed by atoms with Crippen molar-refractivity contribution in [3.8, 4) is 11.1 Å². The molecule has 6 heteroatoms. The normalized spacial score (nSPS) is 10.8. The lowest BCUT2D eigenvalue weighted by Gasteiger charge is -2.11. The largest absolute Gasteiger partial charge is 0.0501 e. The minimum atomic E-state index is 1.09.